The number of nitrogens with one attached hydrogen (secondary N) is 1. The average molecular weight is 222 g/mol. The van der Waals surface area contributed by atoms with Crippen molar-refractivity contribution in [3.05, 3.63) is 29.3 Å². The molecule has 0 aliphatic rings. The molecule has 1 aromatic rings. The molecule has 1 amide bonds. The number of rotatable bonds is 5. The molecule has 88 valence electrons. The van der Waals surface area contributed by atoms with Crippen LogP contribution in [0.3, 0.4) is 0 Å². The summed E-state index contributed by atoms with van der Waals surface area (Å²) in [7, 11) is 1.58. The van der Waals surface area contributed by atoms with Crippen LogP contribution in [-0.4, -0.2) is 26.1 Å². The van der Waals surface area contributed by atoms with Crippen LogP contribution in [-0.2, 0) is 11.2 Å². The van der Waals surface area contributed by atoms with Crippen molar-refractivity contribution in [3.63, 3.8) is 0 Å². The Morgan fingerprint density at radius 1 is 1.50 bits per heavy atom. The van der Waals surface area contributed by atoms with Crippen molar-refractivity contribution in [2.24, 2.45) is 5.73 Å². The van der Waals surface area contributed by atoms with Crippen molar-refractivity contribution in [1.82, 2.24) is 5.32 Å². The minimum Gasteiger partial charge on any atom is -0.483 e. The van der Waals surface area contributed by atoms with E-state index in [2.05, 4.69) is 5.32 Å². The van der Waals surface area contributed by atoms with Gasteiger partial charge < -0.3 is 15.8 Å². The molecular weight excluding hydrogens is 204 g/mol. The Kier molecular flexibility index (Phi) is 4.79. The van der Waals surface area contributed by atoms with Crippen LogP contribution >= 0.6 is 0 Å². The second-order valence-corrected chi connectivity index (χ2v) is 3.61. The minimum absolute atomic E-state index is 0.0388. The van der Waals surface area contributed by atoms with Crippen LogP contribution in [0.4, 0.5) is 0 Å². The molecule has 1 rings (SSSR count). The smallest absolute Gasteiger partial charge is 0.257 e. The fourth-order valence-corrected chi connectivity index (χ4v) is 1.42. The normalized spacial score (nSPS) is 9.94. The first-order valence-electron chi connectivity index (χ1n) is 5.30. The van der Waals surface area contributed by atoms with Gasteiger partial charge in [-0.15, -0.1) is 0 Å². The Labute approximate surface area is 95.8 Å². The number of benzene rings is 1. The fraction of sp³-hybridized carbons (Fsp3) is 0.417. The van der Waals surface area contributed by atoms with Crippen LogP contribution in [0, 0.1) is 6.92 Å². The van der Waals surface area contributed by atoms with Crippen molar-refractivity contribution in [1.29, 1.82) is 0 Å². The molecule has 0 fully saturated rings. The summed E-state index contributed by atoms with van der Waals surface area (Å²) in [4.78, 5) is 11.1. The number of likely N-dealkylation sites (N-methyl/N-ethyl adjacent to an activating group) is 1. The SMILES string of the molecule is CNC(=O)COc1ccc(C)cc1CCN. The predicted molar refractivity (Wildman–Crippen MR) is 63.5 cm³/mol. The van der Waals surface area contributed by atoms with E-state index in [4.69, 9.17) is 10.5 Å². The predicted octanol–water partition coefficient (Wildman–Crippen LogP) is 0.621. The Hall–Kier alpha value is -1.55. The lowest BCUT2D eigenvalue weighted by atomic mass is 10.1. The van der Waals surface area contributed by atoms with E-state index in [0.29, 0.717) is 6.54 Å². The third-order valence-electron chi connectivity index (χ3n) is 2.27. The van der Waals surface area contributed by atoms with Crippen LogP contribution in [0.5, 0.6) is 5.75 Å². The molecule has 16 heavy (non-hydrogen) atoms. The van der Waals surface area contributed by atoms with E-state index in [-0.39, 0.29) is 12.5 Å². The first-order valence-corrected chi connectivity index (χ1v) is 5.30. The van der Waals surface area contributed by atoms with Crippen molar-refractivity contribution < 1.29 is 9.53 Å². The second kappa shape index (κ2) is 6.12. The van der Waals surface area contributed by atoms with Gasteiger partial charge in [-0.25, -0.2) is 0 Å². The summed E-state index contributed by atoms with van der Waals surface area (Å²) in [5, 5.41) is 2.51. The lowest BCUT2D eigenvalue weighted by molar-refractivity contribution is -0.122. The number of amides is 1. The zero-order chi connectivity index (χ0) is 12.0. The lowest BCUT2D eigenvalue weighted by Gasteiger charge is -2.11. The van der Waals surface area contributed by atoms with Gasteiger partial charge in [0.05, 0.1) is 0 Å². The topological polar surface area (TPSA) is 64.3 Å². The van der Waals surface area contributed by atoms with E-state index >= 15 is 0 Å². The Balaban J connectivity index is 2.73. The van der Waals surface area contributed by atoms with E-state index in [1.807, 2.05) is 25.1 Å². The van der Waals surface area contributed by atoms with Crippen molar-refractivity contribution >= 4 is 5.91 Å². The highest BCUT2D eigenvalue weighted by atomic mass is 16.5. The highest BCUT2D eigenvalue weighted by Gasteiger charge is 2.05. The van der Waals surface area contributed by atoms with E-state index in [1.165, 1.54) is 0 Å². The summed E-state index contributed by atoms with van der Waals surface area (Å²) in [5.41, 5.74) is 7.74. The van der Waals surface area contributed by atoms with Crippen molar-refractivity contribution in [3.8, 4) is 5.75 Å². The molecule has 1 aromatic carbocycles. The molecule has 0 radical (unpaired) electrons. The third kappa shape index (κ3) is 3.55. The van der Waals surface area contributed by atoms with Gasteiger partial charge in [0.1, 0.15) is 5.75 Å². The summed E-state index contributed by atoms with van der Waals surface area (Å²) < 4.78 is 5.43. The van der Waals surface area contributed by atoms with Gasteiger partial charge in [0.2, 0.25) is 0 Å². The van der Waals surface area contributed by atoms with Gasteiger partial charge in [-0.1, -0.05) is 17.7 Å². The summed E-state index contributed by atoms with van der Waals surface area (Å²) in [6, 6.07) is 5.87. The molecule has 0 bridgehead atoms. The molecule has 0 spiro atoms. The molecule has 0 aliphatic carbocycles. The maximum absolute atomic E-state index is 11.1. The number of aryl methyl sites for hydroxylation is 1. The largest absolute Gasteiger partial charge is 0.483 e. The van der Waals surface area contributed by atoms with Gasteiger partial charge >= 0.3 is 0 Å². The molecule has 0 heterocycles. The lowest BCUT2D eigenvalue weighted by Crippen LogP contribution is -2.25. The number of hydrogen-bond donors (Lipinski definition) is 2. The zero-order valence-electron chi connectivity index (χ0n) is 9.75. The summed E-state index contributed by atoms with van der Waals surface area (Å²) in [5.74, 6) is 0.596. The molecule has 0 atom stereocenters. The Morgan fingerprint density at radius 3 is 2.88 bits per heavy atom. The molecule has 0 unspecified atom stereocenters. The number of ether oxygens (including phenoxy) is 1. The van der Waals surface area contributed by atoms with Gasteiger partial charge in [-0.3, -0.25) is 4.79 Å². The van der Waals surface area contributed by atoms with Crippen molar-refractivity contribution in [2.45, 2.75) is 13.3 Å². The number of carbonyl (C=O) groups excluding carboxylic acids is 1. The molecule has 0 aliphatic heterocycles. The van der Waals surface area contributed by atoms with Crippen molar-refractivity contribution in [2.75, 3.05) is 20.2 Å². The number of hydrogen-bond acceptors (Lipinski definition) is 3. The highest BCUT2D eigenvalue weighted by molar-refractivity contribution is 5.77. The third-order valence-corrected chi connectivity index (χ3v) is 2.27. The molecule has 0 saturated carbocycles. The Morgan fingerprint density at radius 2 is 2.25 bits per heavy atom. The summed E-state index contributed by atoms with van der Waals surface area (Å²) >= 11 is 0. The molecular formula is C12H18N2O2. The minimum atomic E-state index is -0.140. The van der Waals surface area contributed by atoms with E-state index < -0.39 is 0 Å². The van der Waals surface area contributed by atoms with Crippen LogP contribution in [0.25, 0.3) is 0 Å². The first-order chi connectivity index (χ1) is 7.67. The quantitative estimate of drug-likeness (QED) is 0.767. The van der Waals surface area contributed by atoms with Crippen LogP contribution in [0.2, 0.25) is 0 Å². The molecule has 4 nitrogen and oxygen atoms in total. The van der Waals surface area contributed by atoms with Crippen LogP contribution in [0.15, 0.2) is 18.2 Å². The van der Waals surface area contributed by atoms with Gasteiger partial charge in [-0.05, 0) is 31.5 Å². The van der Waals surface area contributed by atoms with Gasteiger partial charge in [0, 0.05) is 7.05 Å². The summed E-state index contributed by atoms with van der Waals surface area (Å²) in [6.45, 7) is 2.62. The number of carbonyl (C=O) groups is 1. The van der Waals surface area contributed by atoms with Gasteiger partial charge in [0.25, 0.3) is 5.91 Å². The van der Waals surface area contributed by atoms with E-state index in [9.17, 15) is 4.79 Å². The average Bonchev–Trinajstić information content (AvgIpc) is 2.28. The first kappa shape index (κ1) is 12.5. The van der Waals surface area contributed by atoms with Gasteiger partial charge in [-0.2, -0.15) is 0 Å². The fourth-order valence-electron chi connectivity index (χ4n) is 1.42. The highest BCUT2D eigenvalue weighted by Crippen LogP contribution is 2.20. The maximum Gasteiger partial charge on any atom is 0.257 e. The van der Waals surface area contributed by atoms with E-state index in [0.717, 1.165) is 23.3 Å². The molecule has 0 aromatic heterocycles. The Bertz CT molecular complexity index is 364. The summed E-state index contributed by atoms with van der Waals surface area (Å²) in [6.07, 6.45) is 0.755. The van der Waals surface area contributed by atoms with Crippen LogP contribution < -0.4 is 15.8 Å². The van der Waals surface area contributed by atoms with Crippen LogP contribution in [0.1, 0.15) is 11.1 Å². The van der Waals surface area contributed by atoms with E-state index in [1.54, 1.807) is 7.05 Å². The maximum atomic E-state index is 11.1. The molecule has 0 saturated heterocycles. The standard InChI is InChI=1S/C12H18N2O2/c1-9-3-4-11(10(7-9)5-6-13)16-8-12(15)14-2/h3-4,7H,5-6,8,13H2,1-2H3,(H,14,15). The molecule has 4 heteroatoms. The molecule has 3 N–H and O–H groups in total. The van der Waals surface area contributed by atoms with Gasteiger partial charge in [0.15, 0.2) is 6.61 Å². The number of nitrogens with two attached hydrogens (primary N) is 1. The zero-order valence-corrected chi connectivity index (χ0v) is 9.75. The monoisotopic (exact) mass is 222 g/mol. The second-order valence-electron chi connectivity index (χ2n) is 3.61.